The van der Waals surface area contributed by atoms with Crippen LogP contribution in [-0.4, -0.2) is 19.3 Å². The smallest absolute Gasteiger partial charge is 0.416 e. The highest BCUT2D eigenvalue weighted by molar-refractivity contribution is 5.89. The molecule has 0 aliphatic carbocycles. The second-order valence-electron chi connectivity index (χ2n) is 5.24. The summed E-state index contributed by atoms with van der Waals surface area (Å²) >= 11 is 0. The molecule has 0 aliphatic rings. The van der Waals surface area contributed by atoms with Crippen molar-refractivity contribution < 1.29 is 27.1 Å². The van der Waals surface area contributed by atoms with Crippen molar-refractivity contribution >= 4 is 11.5 Å². The second-order valence-corrected chi connectivity index (χ2v) is 5.24. The molecule has 6 heteroatoms. The molecule has 0 atom stereocenters. The fourth-order valence-corrected chi connectivity index (χ4v) is 2.28. The summed E-state index contributed by atoms with van der Waals surface area (Å²) in [6.45, 7) is 5.00. The Morgan fingerprint density at radius 1 is 1.25 bits per heavy atom. The Balaban J connectivity index is 2.41. The molecule has 128 valence electrons. The minimum absolute atomic E-state index is 0.0311. The highest BCUT2D eigenvalue weighted by Gasteiger charge is 2.35. The molecule has 0 saturated heterocycles. The van der Waals surface area contributed by atoms with Gasteiger partial charge in [0.15, 0.2) is 0 Å². The van der Waals surface area contributed by atoms with Crippen LogP contribution in [0.2, 0.25) is 0 Å². The molecule has 0 spiro atoms. The van der Waals surface area contributed by atoms with Crippen molar-refractivity contribution in [3.05, 3.63) is 53.8 Å². The van der Waals surface area contributed by atoms with Crippen LogP contribution in [0.25, 0.3) is 16.9 Å². The van der Waals surface area contributed by atoms with E-state index in [-0.39, 0.29) is 11.3 Å². The van der Waals surface area contributed by atoms with Crippen molar-refractivity contribution in [1.82, 2.24) is 0 Å². The third-order valence-corrected chi connectivity index (χ3v) is 3.54. The van der Waals surface area contributed by atoms with Gasteiger partial charge in [0.2, 0.25) is 0 Å². The first-order chi connectivity index (χ1) is 11.3. The van der Waals surface area contributed by atoms with Gasteiger partial charge in [-0.3, -0.25) is 0 Å². The molecule has 0 aliphatic heterocycles. The van der Waals surface area contributed by atoms with Crippen LogP contribution in [0.15, 0.2) is 41.3 Å². The minimum atomic E-state index is -4.52. The molecule has 0 N–H and O–H groups in total. The van der Waals surface area contributed by atoms with Gasteiger partial charge >= 0.3 is 12.1 Å². The standard InChI is InChI=1S/C18H17F3O3/c1-4-5-15-14(11(2)18(19,20)21)10-16(24-15)12-6-8-13(9-7-12)17(22)23-3/h6-10H,2,4-5H2,1,3H3. The lowest BCUT2D eigenvalue weighted by molar-refractivity contribution is -0.0687. The number of aryl methyl sites for hydroxylation is 1. The second kappa shape index (κ2) is 6.95. The van der Waals surface area contributed by atoms with Crippen LogP contribution in [0.4, 0.5) is 13.2 Å². The number of rotatable bonds is 5. The predicted octanol–water partition coefficient (Wildman–Crippen LogP) is 5.26. The Morgan fingerprint density at radius 2 is 1.88 bits per heavy atom. The van der Waals surface area contributed by atoms with E-state index >= 15 is 0 Å². The van der Waals surface area contributed by atoms with Gasteiger partial charge in [0.1, 0.15) is 11.5 Å². The van der Waals surface area contributed by atoms with Crippen molar-refractivity contribution in [1.29, 1.82) is 0 Å². The number of allylic oxidation sites excluding steroid dienone is 1. The van der Waals surface area contributed by atoms with E-state index in [4.69, 9.17) is 4.42 Å². The lowest BCUT2D eigenvalue weighted by atomic mass is 10.0. The third-order valence-electron chi connectivity index (χ3n) is 3.54. The normalized spacial score (nSPS) is 11.4. The number of hydrogen-bond acceptors (Lipinski definition) is 3. The maximum Gasteiger partial charge on any atom is 0.416 e. The van der Waals surface area contributed by atoms with Gasteiger partial charge in [0.25, 0.3) is 0 Å². The monoisotopic (exact) mass is 338 g/mol. The molecular weight excluding hydrogens is 321 g/mol. The molecule has 1 heterocycles. The number of benzene rings is 1. The van der Waals surface area contributed by atoms with E-state index in [0.29, 0.717) is 29.7 Å². The predicted molar refractivity (Wildman–Crippen MR) is 84.6 cm³/mol. The zero-order valence-electron chi connectivity index (χ0n) is 13.4. The van der Waals surface area contributed by atoms with Crippen LogP contribution in [0.5, 0.6) is 0 Å². The number of esters is 1. The molecule has 0 amide bonds. The largest absolute Gasteiger partial charge is 0.465 e. The topological polar surface area (TPSA) is 39.4 Å². The van der Waals surface area contributed by atoms with Crippen molar-refractivity contribution in [3.63, 3.8) is 0 Å². The number of hydrogen-bond donors (Lipinski definition) is 0. The average Bonchev–Trinajstić information content (AvgIpc) is 2.96. The summed E-state index contributed by atoms with van der Waals surface area (Å²) in [5, 5.41) is 0. The number of carbonyl (C=O) groups excluding carboxylic acids is 1. The first-order valence-corrected chi connectivity index (χ1v) is 7.35. The molecule has 0 saturated carbocycles. The summed E-state index contributed by atoms with van der Waals surface area (Å²) in [5.41, 5.74) is -0.0359. The number of halogens is 3. The van der Waals surface area contributed by atoms with E-state index in [1.807, 2.05) is 6.92 Å². The van der Waals surface area contributed by atoms with Gasteiger partial charge < -0.3 is 9.15 Å². The molecule has 24 heavy (non-hydrogen) atoms. The molecule has 2 aromatic rings. The van der Waals surface area contributed by atoms with Crippen LogP contribution in [0.1, 0.15) is 35.0 Å². The zero-order valence-corrected chi connectivity index (χ0v) is 13.4. The number of methoxy groups -OCH3 is 1. The van der Waals surface area contributed by atoms with E-state index in [9.17, 15) is 18.0 Å². The van der Waals surface area contributed by atoms with E-state index < -0.39 is 17.7 Å². The van der Waals surface area contributed by atoms with E-state index in [1.165, 1.54) is 25.3 Å². The van der Waals surface area contributed by atoms with Gasteiger partial charge in [0, 0.05) is 17.5 Å². The molecule has 2 rings (SSSR count). The van der Waals surface area contributed by atoms with Crippen molar-refractivity contribution in [2.45, 2.75) is 25.9 Å². The maximum atomic E-state index is 13.0. The number of alkyl halides is 3. The Kier molecular flexibility index (Phi) is 5.17. The van der Waals surface area contributed by atoms with Crippen LogP contribution < -0.4 is 0 Å². The lowest BCUT2D eigenvalue weighted by Crippen LogP contribution is -2.10. The van der Waals surface area contributed by atoms with Crippen LogP contribution in [0.3, 0.4) is 0 Å². The van der Waals surface area contributed by atoms with Gasteiger partial charge in [-0.05, 0) is 24.6 Å². The highest BCUT2D eigenvalue weighted by atomic mass is 19.4. The summed E-state index contributed by atoms with van der Waals surface area (Å²) in [5.74, 6) is 0.0703. The summed E-state index contributed by atoms with van der Waals surface area (Å²) in [7, 11) is 1.27. The van der Waals surface area contributed by atoms with E-state index in [1.54, 1.807) is 12.1 Å². The Hall–Kier alpha value is -2.50. The summed E-state index contributed by atoms with van der Waals surface area (Å²) in [6.07, 6.45) is -3.49. The van der Waals surface area contributed by atoms with E-state index in [2.05, 4.69) is 11.3 Å². The van der Waals surface area contributed by atoms with Crippen LogP contribution in [0, 0.1) is 0 Å². The van der Waals surface area contributed by atoms with Gasteiger partial charge in [-0.1, -0.05) is 25.6 Å². The summed E-state index contributed by atoms with van der Waals surface area (Å²) in [4.78, 5) is 11.4. The first-order valence-electron chi connectivity index (χ1n) is 7.35. The van der Waals surface area contributed by atoms with Gasteiger partial charge in [-0.2, -0.15) is 13.2 Å². The maximum absolute atomic E-state index is 13.0. The fourth-order valence-electron chi connectivity index (χ4n) is 2.28. The molecule has 0 fully saturated rings. The Morgan fingerprint density at radius 3 is 2.38 bits per heavy atom. The highest BCUT2D eigenvalue weighted by Crippen LogP contribution is 2.38. The van der Waals surface area contributed by atoms with Gasteiger partial charge in [-0.25, -0.2) is 4.79 Å². The molecule has 1 aromatic heterocycles. The fraction of sp³-hybridized carbons (Fsp3) is 0.278. The Labute approximate surface area is 137 Å². The Bertz CT molecular complexity index is 740. The van der Waals surface area contributed by atoms with Crippen molar-refractivity contribution in [2.75, 3.05) is 7.11 Å². The average molecular weight is 338 g/mol. The molecule has 1 aromatic carbocycles. The summed E-state index contributed by atoms with van der Waals surface area (Å²) in [6, 6.07) is 7.60. The molecule has 0 unspecified atom stereocenters. The zero-order chi connectivity index (χ0) is 17.9. The van der Waals surface area contributed by atoms with Crippen LogP contribution in [-0.2, 0) is 11.2 Å². The molecule has 0 bridgehead atoms. The molecule has 3 nitrogen and oxygen atoms in total. The number of ether oxygens (including phenoxy) is 1. The minimum Gasteiger partial charge on any atom is -0.465 e. The first kappa shape index (κ1) is 17.8. The molecule has 0 radical (unpaired) electrons. The van der Waals surface area contributed by atoms with Gasteiger partial charge in [-0.15, -0.1) is 0 Å². The quantitative estimate of drug-likeness (QED) is 0.698. The summed E-state index contributed by atoms with van der Waals surface area (Å²) < 4.78 is 49.1. The van der Waals surface area contributed by atoms with Crippen molar-refractivity contribution in [2.24, 2.45) is 0 Å². The molecular formula is C18H17F3O3. The van der Waals surface area contributed by atoms with Gasteiger partial charge in [0.05, 0.1) is 18.2 Å². The third kappa shape index (κ3) is 3.69. The lowest BCUT2D eigenvalue weighted by Gasteiger charge is -2.09. The van der Waals surface area contributed by atoms with Crippen molar-refractivity contribution in [3.8, 4) is 11.3 Å². The SMILES string of the molecule is C=C(c1cc(-c2ccc(C(=O)OC)cc2)oc1CCC)C(F)(F)F. The van der Waals surface area contributed by atoms with E-state index in [0.717, 1.165) is 0 Å². The number of furan rings is 1. The number of carbonyl (C=O) groups is 1. The van der Waals surface area contributed by atoms with Crippen LogP contribution >= 0.6 is 0 Å².